The molecular formula is C26H19ClN2O3. The smallest absolute Gasteiger partial charge is 0.238 e. The van der Waals surface area contributed by atoms with E-state index in [0.29, 0.717) is 11.4 Å². The standard InChI is InChI=1S/C26H19ClN2O3/c1-13(30)28-20-11-10-14(12-19(20)27)29-25(31)23-21-15-6-2-3-7-16(15)22(24(23)26(29)32)18-9-5-4-8-17(18)21/h2-12,21-24H,1H3,(H,28,30)/t21?,22?,23-,24-/m1/s1. The summed E-state index contributed by atoms with van der Waals surface area (Å²) < 4.78 is 0. The highest BCUT2D eigenvalue weighted by atomic mass is 35.5. The summed E-state index contributed by atoms with van der Waals surface area (Å²) in [5.74, 6) is -1.80. The monoisotopic (exact) mass is 442 g/mol. The van der Waals surface area contributed by atoms with Crippen molar-refractivity contribution in [2.45, 2.75) is 18.8 Å². The van der Waals surface area contributed by atoms with Crippen molar-refractivity contribution in [2.24, 2.45) is 11.8 Å². The van der Waals surface area contributed by atoms with Crippen molar-refractivity contribution in [2.75, 3.05) is 10.2 Å². The van der Waals surface area contributed by atoms with Crippen LogP contribution < -0.4 is 10.2 Å². The van der Waals surface area contributed by atoms with Crippen LogP contribution in [0.15, 0.2) is 66.7 Å². The van der Waals surface area contributed by atoms with Crippen LogP contribution in [-0.4, -0.2) is 17.7 Å². The molecule has 0 aromatic heterocycles. The van der Waals surface area contributed by atoms with Crippen molar-refractivity contribution in [1.29, 1.82) is 0 Å². The van der Waals surface area contributed by atoms with Gasteiger partial charge in [-0.15, -0.1) is 0 Å². The van der Waals surface area contributed by atoms with E-state index < -0.39 is 11.8 Å². The Morgan fingerprint density at radius 2 is 1.28 bits per heavy atom. The summed E-state index contributed by atoms with van der Waals surface area (Å²) >= 11 is 6.35. The third-order valence-electron chi connectivity index (χ3n) is 6.97. The number of hydrogen-bond acceptors (Lipinski definition) is 3. The number of anilines is 2. The molecule has 1 heterocycles. The minimum atomic E-state index is -0.439. The number of nitrogens with one attached hydrogen (secondary N) is 1. The van der Waals surface area contributed by atoms with Gasteiger partial charge in [0.05, 0.1) is 28.2 Å². The highest BCUT2D eigenvalue weighted by Crippen LogP contribution is 2.61. The summed E-state index contributed by atoms with van der Waals surface area (Å²) in [6.45, 7) is 1.40. The molecule has 158 valence electrons. The highest BCUT2D eigenvalue weighted by molar-refractivity contribution is 6.34. The molecule has 5 nitrogen and oxygen atoms in total. The first kappa shape index (κ1) is 19.3. The van der Waals surface area contributed by atoms with E-state index in [1.807, 2.05) is 24.3 Å². The Morgan fingerprint density at radius 1 is 0.812 bits per heavy atom. The van der Waals surface area contributed by atoms with Crippen LogP contribution in [-0.2, 0) is 14.4 Å². The number of carbonyl (C=O) groups is 3. The van der Waals surface area contributed by atoms with E-state index in [-0.39, 0.29) is 34.6 Å². The summed E-state index contributed by atoms with van der Waals surface area (Å²) in [6.07, 6.45) is 0. The lowest BCUT2D eigenvalue weighted by molar-refractivity contribution is -0.122. The van der Waals surface area contributed by atoms with Crippen LogP contribution in [0.5, 0.6) is 0 Å². The number of halogens is 1. The molecular weight excluding hydrogens is 424 g/mol. The van der Waals surface area contributed by atoms with Gasteiger partial charge in [0.2, 0.25) is 17.7 Å². The molecule has 3 amide bonds. The molecule has 2 atom stereocenters. The van der Waals surface area contributed by atoms with Crippen molar-refractivity contribution >= 4 is 40.7 Å². The summed E-state index contributed by atoms with van der Waals surface area (Å²) in [7, 11) is 0. The van der Waals surface area contributed by atoms with Gasteiger partial charge in [-0.05, 0) is 40.5 Å². The van der Waals surface area contributed by atoms with Crippen molar-refractivity contribution in [3.8, 4) is 0 Å². The van der Waals surface area contributed by atoms with Crippen LogP contribution >= 0.6 is 11.6 Å². The predicted molar refractivity (Wildman–Crippen MR) is 122 cm³/mol. The van der Waals surface area contributed by atoms with Gasteiger partial charge in [0.25, 0.3) is 0 Å². The van der Waals surface area contributed by atoms with Crippen molar-refractivity contribution in [3.63, 3.8) is 0 Å². The Morgan fingerprint density at radius 3 is 1.69 bits per heavy atom. The number of carbonyl (C=O) groups excluding carboxylic acids is 3. The first-order valence-corrected chi connectivity index (χ1v) is 11.0. The summed E-state index contributed by atoms with van der Waals surface area (Å²) in [4.78, 5) is 40.1. The summed E-state index contributed by atoms with van der Waals surface area (Å²) in [5, 5.41) is 2.93. The largest absolute Gasteiger partial charge is 0.325 e. The van der Waals surface area contributed by atoms with Gasteiger partial charge >= 0.3 is 0 Å². The van der Waals surface area contributed by atoms with E-state index in [0.717, 1.165) is 22.3 Å². The van der Waals surface area contributed by atoms with Crippen LogP contribution in [0, 0.1) is 11.8 Å². The summed E-state index contributed by atoms with van der Waals surface area (Å²) in [5.41, 5.74) is 5.43. The fraction of sp³-hybridized carbons (Fsp3) is 0.192. The van der Waals surface area contributed by atoms with Crippen molar-refractivity contribution < 1.29 is 14.4 Å². The lowest BCUT2D eigenvalue weighted by Crippen LogP contribution is -2.41. The maximum Gasteiger partial charge on any atom is 0.238 e. The number of hydrogen-bond donors (Lipinski definition) is 1. The molecule has 4 aliphatic rings. The minimum absolute atomic E-state index is 0.145. The number of nitrogens with zero attached hydrogens (tertiary/aromatic N) is 1. The van der Waals surface area contributed by atoms with Crippen LogP contribution in [0.2, 0.25) is 5.02 Å². The fourth-order valence-electron chi connectivity index (χ4n) is 5.87. The van der Waals surface area contributed by atoms with Crippen molar-refractivity contribution in [1.82, 2.24) is 0 Å². The molecule has 1 N–H and O–H groups in total. The molecule has 1 fully saturated rings. The van der Waals surface area contributed by atoms with Gasteiger partial charge in [0.1, 0.15) is 0 Å². The molecule has 1 saturated heterocycles. The van der Waals surface area contributed by atoms with Gasteiger partial charge in [-0.1, -0.05) is 60.1 Å². The molecule has 32 heavy (non-hydrogen) atoms. The van der Waals surface area contributed by atoms with Crippen LogP contribution in [0.1, 0.15) is 41.0 Å². The minimum Gasteiger partial charge on any atom is -0.325 e. The molecule has 0 saturated carbocycles. The Balaban J connectivity index is 1.48. The van der Waals surface area contributed by atoms with Gasteiger partial charge in [-0.2, -0.15) is 0 Å². The second-order valence-corrected chi connectivity index (χ2v) is 9.03. The maximum absolute atomic E-state index is 13.7. The predicted octanol–water partition coefficient (Wildman–Crippen LogP) is 4.70. The molecule has 3 aromatic carbocycles. The van der Waals surface area contributed by atoms with Gasteiger partial charge in [0.15, 0.2) is 0 Å². The van der Waals surface area contributed by atoms with Crippen molar-refractivity contribution in [3.05, 3.63) is 94.0 Å². The Labute approximate surface area is 190 Å². The van der Waals surface area contributed by atoms with Crippen LogP contribution in [0.4, 0.5) is 11.4 Å². The molecule has 6 heteroatoms. The van der Waals surface area contributed by atoms with Gasteiger partial charge < -0.3 is 5.32 Å². The van der Waals surface area contributed by atoms with Gasteiger partial charge in [0, 0.05) is 18.8 Å². The zero-order chi connectivity index (χ0) is 22.1. The first-order valence-electron chi connectivity index (χ1n) is 10.6. The average Bonchev–Trinajstić information content (AvgIpc) is 3.06. The molecule has 7 rings (SSSR count). The third-order valence-corrected chi connectivity index (χ3v) is 7.28. The fourth-order valence-corrected chi connectivity index (χ4v) is 6.09. The molecule has 3 aliphatic carbocycles. The second kappa shape index (κ2) is 6.78. The summed E-state index contributed by atoms with van der Waals surface area (Å²) in [6, 6.07) is 21.2. The van der Waals surface area contributed by atoms with E-state index in [9.17, 15) is 14.4 Å². The SMILES string of the molecule is CC(=O)Nc1ccc(N2C(=O)[C@@H]3C4c5ccccc5C(c5ccccc54)[C@H]3C2=O)cc1Cl. The average molecular weight is 443 g/mol. The highest BCUT2D eigenvalue weighted by Gasteiger charge is 2.61. The van der Waals surface area contributed by atoms with E-state index in [1.54, 1.807) is 18.2 Å². The quantitative estimate of drug-likeness (QED) is 0.585. The number of amides is 3. The third kappa shape index (κ3) is 2.49. The topological polar surface area (TPSA) is 66.5 Å². The first-order chi connectivity index (χ1) is 15.5. The second-order valence-electron chi connectivity index (χ2n) is 8.62. The molecule has 0 unspecified atom stereocenters. The Bertz CT molecular complexity index is 1220. The lowest BCUT2D eigenvalue weighted by Gasteiger charge is -2.45. The molecule has 3 aromatic rings. The number of rotatable bonds is 2. The molecule has 1 aliphatic heterocycles. The Kier molecular flexibility index (Phi) is 4.08. The lowest BCUT2D eigenvalue weighted by atomic mass is 9.55. The Hall–Kier alpha value is -3.44. The van der Waals surface area contributed by atoms with Crippen LogP contribution in [0.25, 0.3) is 0 Å². The van der Waals surface area contributed by atoms with E-state index in [1.165, 1.54) is 11.8 Å². The van der Waals surface area contributed by atoms with E-state index in [2.05, 4.69) is 29.6 Å². The molecule has 2 bridgehead atoms. The zero-order valence-corrected chi connectivity index (χ0v) is 18.0. The number of imide groups is 1. The van der Waals surface area contributed by atoms with Gasteiger partial charge in [-0.25, -0.2) is 4.90 Å². The molecule has 0 radical (unpaired) electrons. The van der Waals surface area contributed by atoms with E-state index in [4.69, 9.17) is 11.6 Å². The van der Waals surface area contributed by atoms with Gasteiger partial charge in [-0.3, -0.25) is 14.4 Å². The normalized spacial score (nSPS) is 24.8. The number of benzene rings is 3. The maximum atomic E-state index is 13.7. The van der Waals surface area contributed by atoms with E-state index >= 15 is 0 Å². The molecule has 0 spiro atoms. The zero-order valence-electron chi connectivity index (χ0n) is 17.2. The van der Waals surface area contributed by atoms with Crippen LogP contribution in [0.3, 0.4) is 0 Å².